The predicted molar refractivity (Wildman–Crippen MR) is 100 cm³/mol. The minimum Gasteiger partial charge on any atom is -0.345 e. The van der Waals surface area contributed by atoms with Gasteiger partial charge in [-0.15, -0.1) is 0 Å². The fourth-order valence-electron chi connectivity index (χ4n) is 4.05. The molecule has 5 rings (SSSR count). The average molecular weight is 346 g/mol. The molecule has 0 bridgehead atoms. The molecule has 0 aliphatic heterocycles. The van der Waals surface area contributed by atoms with E-state index in [9.17, 15) is 4.79 Å². The van der Waals surface area contributed by atoms with Crippen LogP contribution in [0.15, 0.2) is 36.5 Å². The van der Waals surface area contributed by atoms with Crippen LogP contribution in [0.5, 0.6) is 0 Å². The van der Waals surface area contributed by atoms with Gasteiger partial charge in [0.05, 0.1) is 23.2 Å². The highest BCUT2D eigenvalue weighted by Crippen LogP contribution is 2.40. The zero-order valence-electron chi connectivity index (χ0n) is 14.9. The van der Waals surface area contributed by atoms with E-state index in [1.54, 1.807) is 10.9 Å². The number of carbonyl (C=O) groups is 1. The lowest BCUT2D eigenvalue weighted by Gasteiger charge is -2.26. The molecule has 0 saturated heterocycles. The van der Waals surface area contributed by atoms with Gasteiger partial charge in [-0.05, 0) is 49.3 Å². The lowest BCUT2D eigenvalue weighted by molar-refractivity contribution is 0.0934. The Kier molecular flexibility index (Phi) is 3.55. The van der Waals surface area contributed by atoms with Gasteiger partial charge in [-0.2, -0.15) is 5.10 Å². The summed E-state index contributed by atoms with van der Waals surface area (Å²) in [5, 5.41) is 8.42. The Morgan fingerprint density at radius 1 is 1.23 bits per heavy atom. The second kappa shape index (κ2) is 5.94. The molecule has 1 amide bonds. The summed E-state index contributed by atoms with van der Waals surface area (Å²) in [7, 11) is 1.88. The summed E-state index contributed by atoms with van der Waals surface area (Å²) in [5.74, 6) is 0.477. The molecule has 2 aliphatic rings. The number of aromatic nitrogens is 3. The molecule has 1 atom stereocenters. The van der Waals surface area contributed by atoms with Crippen molar-refractivity contribution in [2.75, 3.05) is 0 Å². The second-order valence-electron chi connectivity index (χ2n) is 7.49. The molecule has 2 heterocycles. The Morgan fingerprint density at radius 3 is 2.92 bits per heavy atom. The van der Waals surface area contributed by atoms with Gasteiger partial charge in [-0.1, -0.05) is 24.3 Å². The number of amides is 1. The third-order valence-corrected chi connectivity index (χ3v) is 5.64. The molecule has 1 N–H and O–H groups in total. The number of carbonyl (C=O) groups excluding carboxylic acids is 1. The summed E-state index contributed by atoms with van der Waals surface area (Å²) in [6.45, 7) is 0. The van der Waals surface area contributed by atoms with Crippen LogP contribution >= 0.6 is 0 Å². The Bertz CT molecular complexity index is 1000. The average Bonchev–Trinajstić information content (AvgIpc) is 3.45. The Labute approximate surface area is 152 Å². The molecule has 3 aromatic rings. The summed E-state index contributed by atoms with van der Waals surface area (Å²) in [6.07, 6.45) is 7.26. The molecule has 5 heteroatoms. The van der Waals surface area contributed by atoms with Crippen molar-refractivity contribution < 1.29 is 4.79 Å². The lowest BCUT2D eigenvalue weighted by Crippen LogP contribution is -2.31. The number of hydrogen-bond donors (Lipinski definition) is 1. The van der Waals surface area contributed by atoms with Gasteiger partial charge in [-0.25, -0.2) is 4.98 Å². The van der Waals surface area contributed by atoms with E-state index in [-0.39, 0.29) is 11.9 Å². The summed E-state index contributed by atoms with van der Waals surface area (Å²) >= 11 is 0. The molecule has 0 spiro atoms. The van der Waals surface area contributed by atoms with Gasteiger partial charge in [0.25, 0.3) is 5.91 Å². The van der Waals surface area contributed by atoms with Crippen molar-refractivity contribution in [3.05, 3.63) is 58.9 Å². The zero-order chi connectivity index (χ0) is 17.7. The maximum Gasteiger partial charge on any atom is 0.252 e. The smallest absolute Gasteiger partial charge is 0.252 e. The van der Waals surface area contributed by atoms with Gasteiger partial charge in [0.2, 0.25) is 0 Å². The number of pyridine rings is 1. The first kappa shape index (κ1) is 15.6. The van der Waals surface area contributed by atoms with E-state index in [1.165, 1.54) is 11.1 Å². The van der Waals surface area contributed by atoms with Crippen LogP contribution in [0.1, 0.15) is 64.8 Å². The molecule has 2 aromatic heterocycles. The highest BCUT2D eigenvalue weighted by Gasteiger charge is 2.29. The molecule has 132 valence electrons. The van der Waals surface area contributed by atoms with Crippen molar-refractivity contribution in [2.45, 2.75) is 44.1 Å². The first-order valence-corrected chi connectivity index (χ1v) is 9.42. The van der Waals surface area contributed by atoms with Crippen molar-refractivity contribution in [2.24, 2.45) is 7.05 Å². The van der Waals surface area contributed by atoms with Crippen molar-refractivity contribution in [1.29, 1.82) is 0 Å². The molecule has 5 nitrogen and oxygen atoms in total. The van der Waals surface area contributed by atoms with Gasteiger partial charge in [0.1, 0.15) is 0 Å². The molecular formula is C21H22N4O. The van der Waals surface area contributed by atoms with E-state index in [0.717, 1.165) is 48.8 Å². The van der Waals surface area contributed by atoms with E-state index < -0.39 is 0 Å². The topological polar surface area (TPSA) is 59.8 Å². The normalized spacial score (nSPS) is 19.3. The fraction of sp³-hybridized carbons (Fsp3) is 0.381. The summed E-state index contributed by atoms with van der Waals surface area (Å²) in [6, 6.07) is 10.5. The van der Waals surface area contributed by atoms with Crippen molar-refractivity contribution in [3.63, 3.8) is 0 Å². The van der Waals surface area contributed by atoms with Crippen LogP contribution in [0.25, 0.3) is 11.0 Å². The third-order valence-electron chi connectivity index (χ3n) is 5.64. The van der Waals surface area contributed by atoms with E-state index in [4.69, 9.17) is 4.98 Å². The Hall–Kier alpha value is -2.69. The van der Waals surface area contributed by atoms with Crippen molar-refractivity contribution in [1.82, 2.24) is 20.1 Å². The Morgan fingerprint density at radius 2 is 2.08 bits per heavy atom. The summed E-state index contributed by atoms with van der Waals surface area (Å²) < 4.78 is 1.76. The van der Waals surface area contributed by atoms with Gasteiger partial charge in [0.15, 0.2) is 5.65 Å². The number of benzene rings is 1. The molecule has 1 fully saturated rings. The van der Waals surface area contributed by atoms with Crippen LogP contribution < -0.4 is 5.32 Å². The summed E-state index contributed by atoms with van der Waals surface area (Å²) in [5.41, 5.74) is 5.13. The van der Waals surface area contributed by atoms with Crippen molar-refractivity contribution >= 4 is 16.9 Å². The van der Waals surface area contributed by atoms with E-state index >= 15 is 0 Å². The monoisotopic (exact) mass is 346 g/mol. The number of fused-ring (bicyclic) bond motifs is 2. The Balaban J connectivity index is 1.51. The van der Waals surface area contributed by atoms with E-state index in [1.807, 2.05) is 13.1 Å². The number of rotatable bonds is 3. The van der Waals surface area contributed by atoms with Crippen molar-refractivity contribution in [3.8, 4) is 0 Å². The third kappa shape index (κ3) is 2.59. The number of aryl methyl sites for hydroxylation is 2. The minimum absolute atomic E-state index is 0.0194. The molecule has 0 radical (unpaired) electrons. The number of nitrogens with zero attached hydrogens (tertiary/aromatic N) is 3. The van der Waals surface area contributed by atoms with Crippen LogP contribution in [-0.4, -0.2) is 20.7 Å². The van der Waals surface area contributed by atoms with E-state index in [2.05, 4.69) is 34.7 Å². The van der Waals surface area contributed by atoms with Gasteiger partial charge >= 0.3 is 0 Å². The quantitative estimate of drug-likeness (QED) is 0.787. The molecule has 0 unspecified atom stereocenters. The van der Waals surface area contributed by atoms with Gasteiger partial charge in [0, 0.05) is 18.7 Å². The van der Waals surface area contributed by atoms with Crippen LogP contribution in [-0.2, 0) is 13.5 Å². The fourth-order valence-corrected chi connectivity index (χ4v) is 4.05. The second-order valence-corrected chi connectivity index (χ2v) is 7.49. The SMILES string of the molecule is Cn1ncc2c(C(=O)N[C@H]3CCCc4ccccc43)cc(C3CC3)nc21. The molecular weight excluding hydrogens is 324 g/mol. The standard InChI is InChI=1S/C21H22N4O/c1-25-20-17(12-22-25)16(11-19(23-20)14-9-10-14)21(26)24-18-8-4-6-13-5-2-3-7-15(13)18/h2-3,5,7,11-12,14,18H,4,6,8-10H2,1H3,(H,24,26)/t18-/m0/s1. The minimum atomic E-state index is -0.0194. The van der Waals surface area contributed by atoms with Crippen LogP contribution in [0.2, 0.25) is 0 Å². The molecule has 26 heavy (non-hydrogen) atoms. The number of nitrogens with one attached hydrogen (secondary N) is 1. The molecule has 1 aromatic carbocycles. The largest absolute Gasteiger partial charge is 0.345 e. The highest BCUT2D eigenvalue weighted by atomic mass is 16.1. The highest BCUT2D eigenvalue weighted by molar-refractivity contribution is 6.05. The molecule has 1 saturated carbocycles. The van der Waals surface area contributed by atoms with Crippen LogP contribution in [0.4, 0.5) is 0 Å². The predicted octanol–water partition coefficient (Wildman–Crippen LogP) is 3.65. The van der Waals surface area contributed by atoms with Gasteiger partial charge < -0.3 is 5.32 Å². The maximum absolute atomic E-state index is 13.2. The summed E-state index contributed by atoms with van der Waals surface area (Å²) in [4.78, 5) is 17.9. The number of hydrogen-bond acceptors (Lipinski definition) is 3. The molecule has 2 aliphatic carbocycles. The first-order chi connectivity index (χ1) is 12.7. The van der Waals surface area contributed by atoms with Gasteiger partial charge in [-0.3, -0.25) is 9.48 Å². The van der Waals surface area contributed by atoms with Crippen LogP contribution in [0.3, 0.4) is 0 Å². The maximum atomic E-state index is 13.2. The lowest BCUT2D eigenvalue weighted by atomic mass is 9.87. The van der Waals surface area contributed by atoms with E-state index in [0.29, 0.717) is 11.5 Å². The van der Waals surface area contributed by atoms with Crippen LogP contribution in [0, 0.1) is 0 Å². The first-order valence-electron chi connectivity index (χ1n) is 9.42. The zero-order valence-corrected chi connectivity index (χ0v) is 14.9.